The topological polar surface area (TPSA) is 39.2 Å². The second-order valence-corrected chi connectivity index (χ2v) is 2.93. The van der Waals surface area contributed by atoms with Gasteiger partial charge in [-0.2, -0.15) is 13.2 Å². The first-order valence-electron chi connectivity index (χ1n) is 4.20. The molecule has 0 bridgehead atoms. The van der Waals surface area contributed by atoms with Crippen molar-refractivity contribution in [2.24, 2.45) is 0 Å². The van der Waals surface area contributed by atoms with E-state index in [1.807, 2.05) is 0 Å². The highest BCUT2D eigenvalue weighted by atomic mass is 19.4. The van der Waals surface area contributed by atoms with Crippen molar-refractivity contribution in [2.45, 2.75) is 12.6 Å². The third-order valence-electron chi connectivity index (χ3n) is 1.86. The summed E-state index contributed by atoms with van der Waals surface area (Å²) in [7, 11) is 0.818. The molecule has 1 aromatic rings. The summed E-state index contributed by atoms with van der Waals surface area (Å²) in [6, 6.07) is 0.359. The molecule has 0 unspecified atom stereocenters. The molecule has 8 heteroatoms. The SMILES string of the molecule is COc1c(C(F)(F)F)cc(C=O)nc1C(F)F. The molecule has 0 N–H and O–H groups in total. The smallest absolute Gasteiger partial charge is 0.420 e. The van der Waals surface area contributed by atoms with Gasteiger partial charge in [-0.05, 0) is 6.07 Å². The number of methoxy groups -OCH3 is 1. The second-order valence-electron chi connectivity index (χ2n) is 2.93. The molecule has 0 radical (unpaired) electrons. The molecule has 0 aromatic carbocycles. The van der Waals surface area contributed by atoms with Gasteiger partial charge in [0.05, 0.1) is 7.11 Å². The van der Waals surface area contributed by atoms with Gasteiger partial charge < -0.3 is 4.74 Å². The van der Waals surface area contributed by atoms with Gasteiger partial charge in [-0.25, -0.2) is 13.8 Å². The Balaban J connectivity index is 3.56. The lowest BCUT2D eigenvalue weighted by Crippen LogP contribution is -2.12. The molecule has 0 amide bonds. The predicted octanol–water partition coefficient (Wildman–Crippen LogP) is 2.86. The number of pyridine rings is 1. The maximum atomic E-state index is 12.5. The summed E-state index contributed by atoms with van der Waals surface area (Å²) in [6.45, 7) is 0. The van der Waals surface area contributed by atoms with Gasteiger partial charge in [-0.3, -0.25) is 4.79 Å². The summed E-state index contributed by atoms with van der Waals surface area (Å²) in [5, 5.41) is 0. The summed E-state index contributed by atoms with van der Waals surface area (Å²) in [5.41, 5.74) is -3.38. The second kappa shape index (κ2) is 4.64. The first-order chi connectivity index (χ1) is 7.81. The van der Waals surface area contributed by atoms with Gasteiger partial charge in [0.25, 0.3) is 6.43 Å². The number of alkyl halides is 5. The Morgan fingerprint density at radius 2 is 2.00 bits per heavy atom. The van der Waals surface area contributed by atoms with E-state index < -0.39 is 35.3 Å². The minimum atomic E-state index is -4.91. The normalized spacial score (nSPS) is 11.7. The Morgan fingerprint density at radius 3 is 2.35 bits per heavy atom. The standard InChI is InChI=1S/C9H6F5NO2/c1-17-7-5(9(12,13)14)2-4(3-16)15-6(7)8(10)11/h2-3,8H,1H3. The number of rotatable bonds is 3. The molecule has 1 rings (SSSR count). The van der Waals surface area contributed by atoms with Crippen LogP contribution in [0.3, 0.4) is 0 Å². The third kappa shape index (κ3) is 2.69. The monoisotopic (exact) mass is 255 g/mol. The summed E-state index contributed by atoms with van der Waals surface area (Å²) >= 11 is 0. The molecule has 94 valence electrons. The summed E-state index contributed by atoms with van der Waals surface area (Å²) in [5.74, 6) is -1.07. The van der Waals surface area contributed by atoms with Gasteiger partial charge >= 0.3 is 6.18 Å². The Bertz CT molecular complexity index is 430. The van der Waals surface area contributed by atoms with Crippen molar-refractivity contribution >= 4 is 6.29 Å². The van der Waals surface area contributed by atoms with Crippen molar-refractivity contribution in [3.05, 3.63) is 23.0 Å². The molecule has 1 heterocycles. The lowest BCUT2D eigenvalue weighted by molar-refractivity contribution is -0.139. The number of aromatic nitrogens is 1. The van der Waals surface area contributed by atoms with Crippen LogP contribution in [0.5, 0.6) is 5.75 Å². The van der Waals surface area contributed by atoms with Crippen LogP contribution in [0.2, 0.25) is 0 Å². The van der Waals surface area contributed by atoms with Crippen molar-refractivity contribution < 1.29 is 31.5 Å². The lowest BCUT2D eigenvalue weighted by Gasteiger charge is -2.15. The van der Waals surface area contributed by atoms with E-state index in [-0.39, 0.29) is 6.29 Å². The number of hydrogen-bond donors (Lipinski definition) is 0. The highest BCUT2D eigenvalue weighted by Crippen LogP contribution is 2.40. The Morgan fingerprint density at radius 1 is 1.41 bits per heavy atom. The molecule has 0 aliphatic rings. The maximum Gasteiger partial charge on any atom is 0.420 e. The predicted molar refractivity (Wildman–Crippen MR) is 46.1 cm³/mol. The van der Waals surface area contributed by atoms with Crippen molar-refractivity contribution in [3.63, 3.8) is 0 Å². The molecule has 3 nitrogen and oxygen atoms in total. The first kappa shape index (κ1) is 13.3. The van der Waals surface area contributed by atoms with Gasteiger partial charge in [0, 0.05) is 0 Å². The molecule has 0 saturated heterocycles. The van der Waals surface area contributed by atoms with Crippen molar-refractivity contribution in [1.29, 1.82) is 0 Å². The minimum Gasteiger partial charge on any atom is -0.494 e. The van der Waals surface area contributed by atoms with Crippen LogP contribution in [0.25, 0.3) is 0 Å². The van der Waals surface area contributed by atoms with Crippen LogP contribution < -0.4 is 4.74 Å². The van der Waals surface area contributed by atoms with E-state index in [2.05, 4.69) is 9.72 Å². The van der Waals surface area contributed by atoms with Gasteiger partial charge in [0.1, 0.15) is 17.0 Å². The molecule has 0 aliphatic carbocycles. The number of hydrogen-bond acceptors (Lipinski definition) is 3. The average Bonchev–Trinajstić information content (AvgIpc) is 2.25. The maximum absolute atomic E-state index is 12.5. The van der Waals surface area contributed by atoms with Crippen LogP contribution in [-0.4, -0.2) is 18.4 Å². The first-order valence-corrected chi connectivity index (χ1v) is 4.20. The molecule has 0 aliphatic heterocycles. The van der Waals surface area contributed by atoms with Gasteiger partial charge in [0.2, 0.25) is 0 Å². The summed E-state index contributed by atoms with van der Waals surface area (Å²) in [4.78, 5) is 13.4. The van der Waals surface area contributed by atoms with Gasteiger partial charge in [-0.1, -0.05) is 0 Å². The Kier molecular flexibility index (Phi) is 3.64. The zero-order valence-corrected chi connectivity index (χ0v) is 8.39. The Hall–Kier alpha value is -1.73. The van der Waals surface area contributed by atoms with Gasteiger partial charge in [0.15, 0.2) is 12.0 Å². The fourth-order valence-electron chi connectivity index (χ4n) is 1.21. The van der Waals surface area contributed by atoms with E-state index in [4.69, 9.17) is 0 Å². The van der Waals surface area contributed by atoms with E-state index >= 15 is 0 Å². The third-order valence-corrected chi connectivity index (χ3v) is 1.86. The number of ether oxygens (including phenoxy) is 1. The molecule has 0 saturated carbocycles. The molecule has 0 atom stereocenters. The summed E-state index contributed by atoms with van der Waals surface area (Å²) < 4.78 is 66.8. The van der Waals surface area contributed by atoms with E-state index in [0.717, 1.165) is 7.11 Å². The largest absolute Gasteiger partial charge is 0.494 e. The highest BCUT2D eigenvalue weighted by molar-refractivity contribution is 5.73. The quantitative estimate of drug-likeness (QED) is 0.615. The number of nitrogens with zero attached hydrogens (tertiary/aromatic N) is 1. The number of halogens is 5. The molecule has 0 fully saturated rings. The molecular formula is C9H6F5NO2. The molecular weight excluding hydrogens is 249 g/mol. The van der Waals surface area contributed by atoms with Crippen LogP contribution >= 0.6 is 0 Å². The fourth-order valence-corrected chi connectivity index (χ4v) is 1.21. The van der Waals surface area contributed by atoms with E-state index in [0.29, 0.717) is 6.07 Å². The zero-order valence-electron chi connectivity index (χ0n) is 8.39. The van der Waals surface area contributed by atoms with Crippen LogP contribution in [0.4, 0.5) is 22.0 Å². The highest BCUT2D eigenvalue weighted by Gasteiger charge is 2.37. The average molecular weight is 255 g/mol. The van der Waals surface area contributed by atoms with E-state index in [1.165, 1.54) is 0 Å². The van der Waals surface area contributed by atoms with Crippen LogP contribution in [-0.2, 0) is 6.18 Å². The molecule has 0 spiro atoms. The fraction of sp³-hybridized carbons (Fsp3) is 0.333. The number of aldehydes is 1. The minimum absolute atomic E-state index is 0.0411. The Labute approximate surface area is 92.2 Å². The van der Waals surface area contributed by atoms with Crippen molar-refractivity contribution in [1.82, 2.24) is 4.98 Å². The van der Waals surface area contributed by atoms with Crippen LogP contribution in [0.15, 0.2) is 6.07 Å². The number of carbonyl (C=O) groups is 1. The van der Waals surface area contributed by atoms with Crippen LogP contribution in [0.1, 0.15) is 28.2 Å². The molecule has 17 heavy (non-hydrogen) atoms. The van der Waals surface area contributed by atoms with E-state index in [9.17, 15) is 26.7 Å². The zero-order chi connectivity index (χ0) is 13.2. The van der Waals surface area contributed by atoms with Crippen LogP contribution in [0, 0.1) is 0 Å². The van der Waals surface area contributed by atoms with E-state index in [1.54, 1.807) is 0 Å². The molecule has 1 aromatic heterocycles. The van der Waals surface area contributed by atoms with Crippen molar-refractivity contribution in [3.8, 4) is 5.75 Å². The van der Waals surface area contributed by atoms with Crippen molar-refractivity contribution in [2.75, 3.05) is 7.11 Å². The number of carbonyl (C=O) groups excluding carboxylic acids is 1. The van der Waals surface area contributed by atoms with Gasteiger partial charge in [-0.15, -0.1) is 0 Å². The summed E-state index contributed by atoms with van der Waals surface area (Å²) in [6.07, 6.45) is -8.22. The lowest BCUT2D eigenvalue weighted by atomic mass is 10.1.